The number of hydrogen-bond donors (Lipinski definition) is 3. The minimum absolute atomic E-state index is 0.0569. The molecule has 6 heteroatoms. The quantitative estimate of drug-likeness (QED) is 0.773. The number of aromatic amines is 1. The van der Waals surface area contributed by atoms with Crippen LogP contribution in [-0.4, -0.2) is 23.0 Å². The molecule has 0 aromatic carbocycles. The van der Waals surface area contributed by atoms with Gasteiger partial charge in [-0.2, -0.15) is 0 Å². The van der Waals surface area contributed by atoms with Crippen LogP contribution in [-0.2, 0) is 11.3 Å². The molecule has 0 bridgehead atoms. The SMILES string of the molecule is O=C(NCc1csc(=O)[nH]1)C1CC2CCCCC2N1. The third-order valence-corrected chi connectivity index (χ3v) is 4.92. The van der Waals surface area contributed by atoms with E-state index in [0.717, 1.165) is 23.5 Å². The third kappa shape index (κ3) is 2.90. The monoisotopic (exact) mass is 281 g/mol. The van der Waals surface area contributed by atoms with E-state index in [0.29, 0.717) is 18.5 Å². The molecule has 104 valence electrons. The summed E-state index contributed by atoms with van der Waals surface area (Å²) in [6.45, 7) is 0.408. The fourth-order valence-corrected chi connectivity index (χ4v) is 3.81. The van der Waals surface area contributed by atoms with Gasteiger partial charge in [0.25, 0.3) is 0 Å². The van der Waals surface area contributed by atoms with Gasteiger partial charge in [0.1, 0.15) is 0 Å². The molecule has 1 aliphatic carbocycles. The lowest BCUT2D eigenvalue weighted by Crippen LogP contribution is -2.42. The molecule has 3 N–H and O–H groups in total. The molecule has 1 saturated heterocycles. The van der Waals surface area contributed by atoms with Crippen LogP contribution in [0.4, 0.5) is 0 Å². The summed E-state index contributed by atoms with van der Waals surface area (Å²) in [6.07, 6.45) is 5.98. The number of amides is 1. The van der Waals surface area contributed by atoms with Crippen molar-refractivity contribution in [1.29, 1.82) is 0 Å². The van der Waals surface area contributed by atoms with Crippen molar-refractivity contribution in [1.82, 2.24) is 15.6 Å². The van der Waals surface area contributed by atoms with Gasteiger partial charge in [-0.15, -0.1) is 0 Å². The number of rotatable bonds is 3. The number of aromatic nitrogens is 1. The minimum Gasteiger partial charge on any atom is -0.349 e. The summed E-state index contributed by atoms with van der Waals surface area (Å²) >= 11 is 1.13. The Hall–Kier alpha value is -1.14. The molecule has 2 aliphatic rings. The Bertz CT molecular complexity index is 496. The maximum Gasteiger partial charge on any atom is 0.304 e. The topological polar surface area (TPSA) is 74.0 Å². The molecular formula is C13H19N3O2S. The molecule has 0 radical (unpaired) electrons. The Morgan fingerprint density at radius 2 is 2.26 bits per heavy atom. The maximum atomic E-state index is 12.1. The number of hydrogen-bond acceptors (Lipinski definition) is 4. The van der Waals surface area contributed by atoms with Crippen molar-refractivity contribution in [3.8, 4) is 0 Å². The van der Waals surface area contributed by atoms with Crippen LogP contribution >= 0.6 is 11.3 Å². The van der Waals surface area contributed by atoms with E-state index in [4.69, 9.17) is 0 Å². The van der Waals surface area contributed by atoms with Crippen LogP contribution in [0.3, 0.4) is 0 Å². The van der Waals surface area contributed by atoms with Crippen LogP contribution in [0.1, 0.15) is 37.8 Å². The highest BCUT2D eigenvalue weighted by Gasteiger charge is 2.37. The van der Waals surface area contributed by atoms with E-state index in [9.17, 15) is 9.59 Å². The average Bonchev–Trinajstić information content (AvgIpc) is 3.01. The standard InChI is InChI=1S/C13H19N3O2S/c17-12(14-6-9-7-19-13(18)15-9)11-5-8-3-1-2-4-10(8)16-11/h7-8,10-11,16H,1-6H2,(H,14,17)(H,15,18). The van der Waals surface area contributed by atoms with Crippen LogP contribution in [0, 0.1) is 5.92 Å². The van der Waals surface area contributed by atoms with Gasteiger partial charge >= 0.3 is 4.87 Å². The van der Waals surface area contributed by atoms with E-state index >= 15 is 0 Å². The average molecular weight is 281 g/mol. The largest absolute Gasteiger partial charge is 0.349 e. The molecule has 3 unspecified atom stereocenters. The minimum atomic E-state index is -0.0748. The van der Waals surface area contributed by atoms with Crippen LogP contribution in [0.5, 0.6) is 0 Å². The molecule has 1 aliphatic heterocycles. The first-order chi connectivity index (χ1) is 9.22. The van der Waals surface area contributed by atoms with Gasteiger partial charge in [-0.25, -0.2) is 0 Å². The Morgan fingerprint density at radius 1 is 1.42 bits per heavy atom. The predicted octanol–water partition coefficient (Wildman–Crippen LogP) is 0.973. The van der Waals surface area contributed by atoms with Crippen molar-refractivity contribution in [2.24, 2.45) is 5.92 Å². The van der Waals surface area contributed by atoms with Crippen LogP contribution < -0.4 is 15.5 Å². The number of nitrogens with one attached hydrogen (secondary N) is 3. The zero-order chi connectivity index (χ0) is 13.2. The van der Waals surface area contributed by atoms with E-state index in [1.807, 2.05) is 0 Å². The van der Waals surface area contributed by atoms with Crippen LogP contribution in [0.25, 0.3) is 0 Å². The first-order valence-electron chi connectivity index (χ1n) is 6.93. The highest BCUT2D eigenvalue weighted by molar-refractivity contribution is 7.07. The Morgan fingerprint density at radius 3 is 3.00 bits per heavy atom. The maximum absolute atomic E-state index is 12.1. The van der Waals surface area contributed by atoms with Gasteiger partial charge in [0.15, 0.2) is 0 Å². The van der Waals surface area contributed by atoms with Gasteiger partial charge in [0.05, 0.1) is 12.6 Å². The van der Waals surface area contributed by atoms with Gasteiger partial charge in [0, 0.05) is 17.1 Å². The van der Waals surface area contributed by atoms with Gasteiger partial charge in [0.2, 0.25) is 5.91 Å². The summed E-state index contributed by atoms with van der Waals surface area (Å²) < 4.78 is 0. The second kappa shape index (κ2) is 5.46. The molecule has 2 heterocycles. The first-order valence-corrected chi connectivity index (χ1v) is 7.81. The second-order valence-electron chi connectivity index (χ2n) is 5.50. The van der Waals surface area contributed by atoms with Crippen molar-refractivity contribution >= 4 is 17.2 Å². The lowest BCUT2D eigenvalue weighted by Gasteiger charge is -2.24. The van der Waals surface area contributed by atoms with Crippen molar-refractivity contribution in [2.75, 3.05) is 0 Å². The lowest BCUT2D eigenvalue weighted by molar-refractivity contribution is -0.123. The fourth-order valence-electron chi connectivity index (χ4n) is 3.23. The van der Waals surface area contributed by atoms with Crippen molar-refractivity contribution in [3.05, 3.63) is 20.7 Å². The summed E-state index contributed by atoms with van der Waals surface area (Å²) in [5.41, 5.74) is 0.777. The van der Waals surface area contributed by atoms with E-state index in [-0.39, 0.29) is 16.8 Å². The molecule has 1 aromatic heterocycles. The summed E-state index contributed by atoms with van der Waals surface area (Å²) in [7, 11) is 0. The summed E-state index contributed by atoms with van der Waals surface area (Å²) in [4.78, 5) is 25.7. The number of H-pyrrole nitrogens is 1. The normalized spacial score (nSPS) is 30.0. The lowest BCUT2D eigenvalue weighted by atomic mass is 9.85. The molecule has 19 heavy (non-hydrogen) atoms. The molecule has 3 atom stereocenters. The molecule has 1 amide bonds. The van der Waals surface area contributed by atoms with Crippen molar-refractivity contribution < 1.29 is 4.79 Å². The smallest absolute Gasteiger partial charge is 0.304 e. The zero-order valence-corrected chi connectivity index (χ0v) is 11.6. The van der Waals surface area contributed by atoms with Crippen LogP contribution in [0.2, 0.25) is 0 Å². The summed E-state index contributed by atoms with van der Waals surface area (Å²) in [5, 5.41) is 8.11. The predicted molar refractivity (Wildman–Crippen MR) is 74.1 cm³/mol. The first kappa shape index (κ1) is 12.9. The zero-order valence-electron chi connectivity index (χ0n) is 10.8. The van der Waals surface area contributed by atoms with Crippen molar-refractivity contribution in [3.63, 3.8) is 0 Å². The number of carbonyl (C=O) groups excluding carboxylic acids is 1. The number of fused-ring (bicyclic) bond motifs is 1. The Labute approximate surface area is 115 Å². The van der Waals surface area contributed by atoms with E-state index in [1.165, 1.54) is 25.7 Å². The summed E-state index contributed by atoms with van der Waals surface area (Å²) in [5.74, 6) is 0.729. The Kier molecular flexibility index (Phi) is 3.70. The van der Waals surface area contributed by atoms with E-state index in [2.05, 4.69) is 15.6 Å². The molecular weight excluding hydrogens is 262 g/mol. The van der Waals surface area contributed by atoms with Gasteiger partial charge < -0.3 is 15.6 Å². The van der Waals surface area contributed by atoms with Gasteiger partial charge in [-0.1, -0.05) is 24.2 Å². The summed E-state index contributed by atoms with van der Waals surface area (Å²) in [6, 6.07) is 0.476. The number of carbonyl (C=O) groups is 1. The second-order valence-corrected chi connectivity index (χ2v) is 6.34. The molecule has 5 nitrogen and oxygen atoms in total. The molecule has 3 rings (SSSR count). The Balaban J connectivity index is 1.52. The third-order valence-electron chi connectivity index (χ3n) is 4.20. The van der Waals surface area contributed by atoms with E-state index in [1.54, 1.807) is 5.38 Å². The highest BCUT2D eigenvalue weighted by Crippen LogP contribution is 2.33. The van der Waals surface area contributed by atoms with Gasteiger partial charge in [-0.05, 0) is 25.2 Å². The molecule has 1 aromatic rings. The molecule has 2 fully saturated rings. The van der Waals surface area contributed by atoms with E-state index < -0.39 is 0 Å². The number of thiazole rings is 1. The van der Waals surface area contributed by atoms with Gasteiger partial charge in [-0.3, -0.25) is 9.59 Å². The highest BCUT2D eigenvalue weighted by atomic mass is 32.1. The van der Waals surface area contributed by atoms with Crippen LogP contribution in [0.15, 0.2) is 10.2 Å². The molecule has 0 spiro atoms. The van der Waals surface area contributed by atoms with Crippen molar-refractivity contribution in [2.45, 2.75) is 50.7 Å². The molecule has 1 saturated carbocycles. The fraction of sp³-hybridized carbons (Fsp3) is 0.692.